The van der Waals surface area contributed by atoms with E-state index in [-0.39, 0.29) is 18.2 Å². The smallest absolute Gasteiger partial charge is 0.171 e. The first-order chi connectivity index (χ1) is 8.10. The first-order valence-corrected chi connectivity index (χ1v) is 5.32. The molecule has 0 aromatic heterocycles. The number of nitrogens with one attached hydrogen (secondary N) is 1. The third kappa shape index (κ3) is 3.73. The molecule has 17 heavy (non-hydrogen) atoms. The van der Waals surface area contributed by atoms with Gasteiger partial charge in [0, 0.05) is 26.3 Å². The summed E-state index contributed by atoms with van der Waals surface area (Å²) in [5.41, 5.74) is 0.0188. The number of ether oxygens (including phenoxy) is 2. The van der Waals surface area contributed by atoms with E-state index in [1.165, 1.54) is 32.4 Å². The summed E-state index contributed by atoms with van der Waals surface area (Å²) in [5.74, 6) is -1.12. The Bertz CT molecular complexity index is 336. The van der Waals surface area contributed by atoms with Crippen molar-refractivity contribution in [1.82, 2.24) is 5.32 Å². The van der Waals surface area contributed by atoms with Gasteiger partial charge in [-0.1, -0.05) is 6.07 Å². The lowest BCUT2D eigenvalue weighted by atomic mass is 10.2. The fraction of sp³-hybridized carbons (Fsp3) is 0.500. The van der Waals surface area contributed by atoms with Gasteiger partial charge in [0.05, 0.1) is 6.04 Å². The van der Waals surface area contributed by atoms with E-state index >= 15 is 0 Å². The monoisotopic (exact) mass is 245 g/mol. The van der Waals surface area contributed by atoms with Crippen molar-refractivity contribution in [3.05, 3.63) is 35.4 Å². The number of hydrogen-bond acceptors (Lipinski definition) is 3. The molecule has 1 rings (SSSR count). The van der Waals surface area contributed by atoms with Crippen LogP contribution in [0.1, 0.15) is 12.5 Å². The van der Waals surface area contributed by atoms with E-state index in [9.17, 15) is 8.78 Å². The zero-order chi connectivity index (χ0) is 12.8. The van der Waals surface area contributed by atoms with Crippen LogP contribution >= 0.6 is 0 Å². The Morgan fingerprint density at radius 3 is 2.18 bits per heavy atom. The molecule has 96 valence electrons. The van der Waals surface area contributed by atoms with E-state index in [4.69, 9.17) is 9.47 Å². The highest BCUT2D eigenvalue weighted by atomic mass is 19.1. The fourth-order valence-corrected chi connectivity index (χ4v) is 1.56. The van der Waals surface area contributed by atoms with Crippen LogP contribution in [0, 0.1) is 11.6 Å². The summed E-state index contributed by atoms with van der Waals surface area (Å²) < 4.78 is 36.7. The molecule has 1 atom stereocenters. The van der Waals surface area contributed by atoms with Crippen molar-refractivity contribution >= 4 is 0 Å². The second kappa shape index (κ2) is 6.64. The van der Waals surface area contributed by atoms with Crippen molar-refractivity contribution in [3.8, 4) is 0 Å². The standard InChI is InChI=1S/C12H17F2NO2/c1-8(12(16-2)17-3)15-7-9-10(13)5-4-6-11(9)14/h4-6,8,12,15H,7H2,1-3H3. The number of hydrogen-bond donors (Lipinski definition) is 1. The van der Waals surface area contributed by atoms with Crippen LogP contribution in [0.3, 0.4) is 0 Å². The van der Waals surface area contributed by atoms with Gasteiger partial charge >= 0.3 is 0 Å². The molecule has 0 aliphatic heterocycles. The molecule has 1 aromatic carbocycles. The largest absolute Gasteiger partial charge is 0.354 e. The minimum Gasteiger partial charge on any atom is -0.354 e. The van der Waals surface area contributed by atoms with Gasteiger partial charge in [0.1, 0.15) is 11.6 Å². The van der Waals surface area contributed by atoms with E-state index in [0.29, 0.717) is 0 Å². The van der Waals surface area contributed by atoms with Crippen LogP contribution in [-0.2, 0) is 16.0 Å². The Hall–Kier alpha value is -1.04. The third-order valence-corrected chi connectivity index (χ3v) is 2.54. The van der Waals surface area contributed by atoms with Crippen LogP contribution in [0.2, 0.25) is 0 Å². The van der Waals surface area contributed by atoms with Crippen molar-refractivity contribution in [1.29, 1.82) is 0 Å². The van der Waals surface area contributed by atoms with Crippen molar-refractivity contribution in [2.75, 3.05) is 14.2 Å². The van der Waals surface area contributed by atoms with Gasteiger partial charge in [-0.05, 0) is 19.1 Å². The molecular weight excluding hydrogens is 228 g/mol. The van der Waals surface area contributed by atoms with Crippen molar-refractivity contribution < 1.29 is 18.3 Å². The number of rotatable bonds is 6. The summed E-state index contributed by atoms with van der Waals surface area (Å²) in [6, 6.07) is 3.62. The van der Waals surface area contributed by atoms with Crippen LogP contribution in [0.4, 0.5) is 8.78 Å². The fourth-order valence-electron chi connectivity index (χ4n) is 1.56. The molecule has 1 unspecified atom stereocenters. The SMILES string of the molecule is COC(OC)C(C)NCc1c(F)cccc1F. The highest BCUT2D eigenvalue weighted by Crippen LogP contribution is 2.12. The second-order valence-corrected chi connectivity index (χ2v) is 3.71. The Labute approximate surface area is 99.7 Å². The number of methoxy groups -OCH3 is 2. The quantitative estimate of drug-likeness (QED) is 0.778. The van der Waals surface area contributed by atoms with Gasteiger partial charge in [-0.2, -0.15) is 0 Å². The summed E-state index contributed by atoms with van der Waals surface area (Å²) >= 11 is 0. The van der Waals surface area contributed by atoms with Gasteiger partial charge < -0.3 is 14.8 Å². The van der Waals surface area contributed by atoms with Gasteiger partial charge in [0.25, 0.3) is 0 Å². The molecule has 0 saturated heterocycles. The number of benzene rings is 1. The van der Waals surface area contributed by atoms with Gasteiger partial charge in [-0.25, -0.2) is 8.78 Å². The minimum absolute atomic E-state index is 0.0188. The van der Waals surface area contributed by atoms with Crippen molar-refractivity contribution in [2.45, 2.75) is 25.8 Å². The number of halogens is 2. The molecule has 1 N–H and O–H groups in total. The second-order valence-electron chi connectivity index (χ2n) is 3.71. The lowest BCUT2D eigenvalue weighted by Gasteiger charge is -2.22. The molecule has 0 radical (unpaired) electrons. The zero-order valence-corrected chi connectivity index (χ0v) is 10.2. The lowest BCUT2D eigenvalue weighted by molar-refractivity contribution is -0.119. The first-order valence-electron chi connectivity index (χ1n) is 5.32. The minimum atomic E-state index is -0.559. The molecule has 0 amide bonds. The molecule has 0 bridgehead atoms. The van der Waals surface area contributed by atoms with Gasteiger partial charge in [-0.15, -0.1) is 0 Å². The van der Waals surface area contributed by atoms with Crippen LogP contribution < -0.4 is 5.32 Å². The molecule has 0 aliphatic rings. The maximum Gasteiger partial charge on any atom is 0.171 e. The molecule has 0 heterocycles. The molecule has 1 aromatic rings. The predicted octanol–water partition coefficient (Wildman–Crippen LogP) is 2.06. The Balaban J connectivity index is 2.61. The summed E-state index contributed by atoms with van der Waals surface area (Å²) in [6.07, 6.45) is -0.454. The summed E-state index contributed by atoms with van der Waals surface area (Å²) in [7, 11) is 3.02. The average Bonchev–Trinajstić information content (AvgIpc) is 2.30. The maximum atomic E-state index is 13.3. The Morgan fingerprint density at radius 1 is 1.18 bits per heavy atom. The predicted molar refractivity (Wildman–Crippen MR) is 60.5 cm³/mol. The van der Waals surface area contributed by atoms with E-state index in [1.54, 1.807) is 0 Å². The van der Waals surface area contributed by atoms with E-state index in [0.717, 1.165) is 0 Å². The van der Waals surface area contributed by atoms with E-state index < -0.39 is 17.9 Å². The van der Waals surface area contributed by atoms with Gasteiger partial charge in [0.15, 0.2) is 6.29 Å². The van der Waals surface area contributed by atoms with Gasteiger partial charge in [0.2, 0.25) is 0 Å². The molecule has 5 heteroatoms. The Morgan fingerprint density at radius 2 is 1.71 bits per heavy atom. The molecule has 3 nitrogen and oxygen atoms in total. The lowest BCUT2D eigenvalue weighted by Crippen LogP contribution is -2.39. The first kappa shape index (κ1) is 14.0. The molecule has 0 spiro atoms. The van der Waals surface area contributed by atoms with Crippen LogP contribution in [-0.4, -0.2) is 26.6 Å². The Kier molecular flexibility index (Phi) is 5.47. The summed E-state index contributed by atoms with van der Waals surface area (Å²) in [6.45, 7) is 1.90. The van der Waals surface area contributed by atoms with E-state index in [1.807, 2.05) is 6.92 Å². The van der Waals surface area contributed by atoms with Gasteiger partial charge in [-0.3, -0.25) is 0 Å². The molecule has 0 aliphatic carbocycles. The van der Waals surface area contributed by atoms with Crippen molar-refractivity contribution in [3.63, 3.8) is 0 Å². The molecule has 0 saturated carbocycles. The maximum absolute atomic E-state index is 13.3. The molecular formula is C12H17F2NO2. The summed E-state index contributed by atoms with van der Waals surface area (Å²) in [5, 5.41) is 2.95. The topological polar surface area (TPSA) is 30.5 Å². The van der Waals surface area contributed by atoms with E-state index in [2.05, 4.69) is 5.32 Å². The van der Waals surface area contributed by atoms with Crippen LogP contribution in [0.5, 0.6) is 0 Å². The van der Waals surface area contributed by atoms with Crippen LogP contribution in [0.15, 0.2) is 18.2 Å². The average molecular weight is 245 g/mol. The third-order valence-electron chi connectivity index (χ3n) is 2.54. The van der Waals surface area contributed by atoms with Crippen molar-refractivity contribution in [2.24, 2.45) is 0 Å². The highest BCUT2D eigenvalue weighted by Gasteiger charge is 2.16. The van der Waals surface area contributed by atoms with Crippen LogP contribution in [0.25, 0.3) is 0 Å². The zero-order valence-electron chi connectivity index (χ0n) is 10.2. The molecule has 0 fully saturated rings. The highest BCUT2D eigenvalue weighted by molar-refractivity contribution is 5.19. The summed E-state index contributed by atoms with van der Waals surface area (Å²) in [4.78, 5) is 0. The normalized spacial score (nSPS) is 13.1.